The highest BCUT2D eigenvalue weighted by molar-refractivity contribution is 5.92. The molecule has 0 saturated heterocycles. The number of aromatic nitrogens is 1. The van der Waals surface area contributed by atoms with E-state index in [0.29, 0.717) is 29.5 Å². The molecule has 0 fully saturated rings. The summed E-state index contributed by atoms with van der Waals surface area (Å²) in [6.07, 6.45) is 8.01. The molecule has 0 aliphatic carbocycles. The number of benzene rings is 1. The van der Waals surface area contributed by atoms with Crippen LogP contribution in [0.4, 0.5) is 5.82 Å². The summed E-state index contributed by atoms with van der Waals surface area (Å²) in [4.78, 5) is 6.44. The zero-order valence-electron chi connectivity index (χ0n) is 13.6. The third kappa shape index (κ3) is 2.84. The Labute approximate surface area is 140 Å². The van der Waals surface area contributed by atoms with Gasteiger partial charge in [-0.2, -0.15) is 5.26 Å². The summed E-state index contributed by atoms with van der Waals surface area (Å²) >= 11 is 0. The van der Waals surface area contributed by atoms with Gasteiger partial charge in [0.15, 0.2) is 5.82 Å². The van der Waals surface area contributed by atoms with Crippen LogP contribution in [0.2, 0.25) is 0 Å². The fourth-order valence-corrected chi connectivity index (χ4v) is 2.46. The van der Waals surface area contributed by atoms with E-state index in [1.54, 1.807) is 24.4 Å². The largest absolute Gasteiger partial charge is 0.497 e. The van der Waals surface area contributed by atoms with Gasteiger partial charge < -0.3 is 19.7 Å². The zero-order chi connectivity index (χ0) is 16.9. The maximum absolute atomic E-state index is 9.72. The van der Waals surface area contributed by atoms with Crippen molar-refractivity contribution in [1.29, 1.82) is 5.26 Å². The molecule has 0 amide bonds. The van der Waals surface area contributed by atoms with Crippen molar-refractivity contribution in [3.63, 3.8) is 0 Å². The second-order valence-electron chi connectivity index (χ2n) is 5.19. The number of fused-ring (bicyclic) bond motifs is 1. The molecule has 2 aromatic rings. The van der Waals surface area contributed by atoms with Gasteiger partial charge in [-0.1, -0.05) is 6.92 Å². The minimum absolute atomic E-state index is 0.403. The van der Waals surface area contributed by atoms with Crippen molar-refractivity contribution in [2.75, 3.05) is 18.6 Å². The summed E-state index contributed by atoms with van der Waals surface area (Å²) in [6, 6.07) is 7.80. The lowest BCUT2D eigenvalue weighted by molar-refractivity contribution is 0.320. The lowest BCUT2D eigenvalue weighted by Crippen LogP contribution is -2.17. The maximum Gasteiger partial charge on any atom is 0.159 e. The molecular weight excluding hydrogens is 304 g/mol. The molecule has 0 unspecified atom stereocenters. The van der Waals surface area contributed by atoms with Crippen LogP contribution in [0.3, 0.4) is 0 Å². The van der Waals surface area contributed by atoms with Crippen molar-refractivity contribution in [2.45, 2.75) is 13.3 Å². The first-order chi connectivity index (χ1) is 11.8. The fraction of sp³-hybridized carbons (Fsp3) is 0.222. The molecule has 6 nitrogen and oxygen atoms in total. The van der Waals surface area contributed by atoms with E-state index in [9.17, 15) is 5.26 Å². The van der Waals surface area contributed by atoms with E-state index in [2.05, 4.69) is 16.4 Å². The number of hydrogen-bond acceptors (Lipinski definition) is 6. The van der Waals surface area contributed by atoms with Crippen LogP contribution in [0, 0.1) is 11.3 Å². The first-order valence-electron chi connectivity index (χ1n) is 7.71. The molecule has 6 heteroatoms. The van der Waals surface area contributed by atoms with E-state index in [1.807, 2.05) is 37.5 Å². The smallest absolute Gasteiger partial charge is 0.159 e. The lowest BCUT2D eigenvalue weighted by atomic mass is 10.1. The first-order valence-corrected chi connectivity index (χ1v) is 7.71. The molecule has 122 valence electrons. The Kier molecular flexibility index (Phi) is 4.52. The highest BCUT2D eigenvalue weighted by Gasteiger charge is 2.20. The highest BCUT2D eigenvalue weighted by atomic mass is 16.5. The molecule has 0 bridgehead atoms. The summed E-state index contributed by atoms with van der Waals surface area (Å²) in [5, 5.41) is 13.5. The van der Waals surface area contributed by atoms with E-state index in [0.717, 1.165) is 17.3 Å². The summed E-state index contributed by atoms with van der Waals surface area (Å²) < 4.78 is 11.2. The highest BCUT2D eigenvalue weighted by Crippen LogP contribution is 2.37. The minimum atomic E-state index is 0.403. The predicted molar refractivity (Wildman–Crippen MR) is 92.7 cm³/mol. The number of anilines is 1. The third-order valence-corrected chi connectivity index (χ3v) is 3.59. The standard InChI is InChI=1S/C18H18N4O2/c1-3-10-24-17-14-11-13(23-2)4-5-16(14)21-18(15(17)12-19)22-8-6-20-7-9-22/h4-9,11,20H,3,10H2,1-2H3. The molecule has 0 spiro atoms. The number of rotatable bonds is 5. The Balaban J connectivity index is 2.25. The van der Waals surface area contributed by atoms with Crippen molar-refractivity contribution in [3.05, 3.63) is 48.6 Å². The minimum Gasteiger partial charge on any atom is -0.497 e. The van der Waals surface area contributed by atoms with E-state index in [-0.39, 0.29) is 0 Å². The van der Waals surface area contributed by atoms with Crippen molar-refractivity contribution in [2.24, 2.45) is 0 Å². The van der Waals surface area contributed by atoms with Crippen LogP contribution in [0.5, 0.6) is 11.5 Å². The van der Waals surface area contributed by atoms with E-state index in [4.69, 9.17) is 9.47 Å². The van der Waals surface area contributed by atoms with Crippen molar-refractivity contribution in [3.8, 4) is 17.6 Å². The number of ether oxygens (including phenoxy) is 2. The van der Waals surface area contributed by atoms with E-state index >= 15 is 0 Å². The average Bonchev–Trinajstić information content (AvgIpc) is 2.65. The lowest BCUT2D eigenvalue weighted by Gasteiger charge is -2.21. The number of nitrogens with one attached hydrogen (secondary N) is 1. The Morgan fingerprint density at radius 2 is 2.08 bits per heavy atom. The van der Waals surface area contributed by atoms with Gasteiger partial charge in [0.25, 0.3) is 0 Å². The van der Waals surface area contributed by atoms with Gasteiger partial charge in [-0.25, -0.2) is 4.98 Å². The molecule has 1 N–H and O–H groups in total. The molecule has 1 aliphatic rings. The number of hydrogen-bond donors (Lipinski definition) is 1. The SMILES string of the molecule is CCCOc1c(C#N)c(N2C=CNC=C2)nc2ccc(OC)cc12. The Bertz CT molecular complexity index is 840. The first kappa shape index (κ1) is 15.7. The van der Waals surface area contributed by atoms with Crippen LogP contribution in [0.15, 0.2) is 43.0 Å². The third-order valence-electron chi connectivity index (χ3n) is 3.59. The van der Waals surface area contributed by atoms with Crippen molar-refractivity contribution in [1.82, 2.24) is 10.3 Å². The molecule has 0 saturated carbocycles. The predicted octanol–water partition coefficient (Wildman–Crippen LogP) is 3.26. The molecular formula is C18H18N4O2. The van der Waals surface area contributed by atoms with Crippen LogP contribution in [-0.4, -0.2) is 18.7 Å². The summed E-state index contributed by atoms with van der Waals surface area (Å²) in [7, 11) is 1.61. The molecule has 1 aliphatic heterocycles. The Hall–Kier alpha value is -3.20. The van der Waals surface area contributed by atoms with Crippen LogP contribution in [0.1, 0.15) is 18.9 Å². The second kappa shape index (κ2) is 6.92. The number of methoxy groups -OCH3 is 1. The van der Waals surface area contributed by atoms with Crippen LogP contribution >= 0.6 is 0 Å². The molecule has 0 atom stereocenters. The monoisotopic (exact) mass is 322 g/mol. The van der Waals surface area contributed by atoms with Gasteiger partial charge in [0.05, 0.1) is 19.2 Å². The van der Waals surface area contributed by atoms with Crippen LogP contribution in [-0.2, 0) is 0 Å². The molecule has 0 radical (unpaired) electrons. The molecule has 2 heterocycles. The van der Waals surface area contributed by atoms with Crippen molar-refractivity contribution < 1.29 is 9.47 Å². The van der Waals surface area contributed by atoms with Gasteiger partial charge in [-0.3, -0.25) is 0 Å². The molecule has 24 heavy (non-hydrogen) atoms. The van der Waals surface area contributed by atoms with Gasteiger partial charge >= 0.3 is 0 Å². The summed E-state index contributed by atoms with van der Waals surface area (Å²) in [5.41, 5.74) is 1.15. The van der Waals surface area contributed by atoms with Gasteiger partial charge in [-0.05, 0) is 24.6 Å². The zero-order valence-corrected chi connectivity index (χ0v) is 13.6. The second-order valence-corrected chi connectivity index (χ2v) is 5.19. The van der Waals surface area contributed by atoms with E-state index < -0.39 is 0 Å². The fourth-order valence-electron chi connectivity index (χ4n) is 2.46. The molecule has 3 rings (SSSR count). The van der Waals surface area contributed by atoms with Gasteiger partial charge in [-0.15, -0.1) is 0 Å². The summed E-state index contributed by atoms with van der Waals surface area (Å²) in [6.45, 7) is 2.55. The van der Waals surface area contributed by atoms with Gasteiger partial charge in [0.1, 0.15) is 23.1 Å². The molecule has 1 aromatic heterocycles. The maximum atomic E-state index is 9.72. The summed E-state index contributed by atoms with van der Waals surface area (Å²) in [5.74, 6) is 1.78. The van der Waals surface area contributed by atoms with Crippen LogP contribution in [0.25, 0.3) is 10.9 Å². The topological polar surface area (TPSA) is 70.4 Å². The molecule has 1 aromatic carbocycles. The average molecular weight is 322 g/mol. The Morgan fingerprint density at radius 1 is 1.29 bits per heavy atom. The van der Waals surface area contributed by atoms with Crippen molar-refractivity contribution >= 4 is 16.7 Å². The van der Waals surface area contributed by atoms with E-state index in [1.165, 1.54) is 0 Å². The van der Waals surface area contributed by atoms with Crippen LogP contribution < -0.4 is 19.7 Å². The van der Waals surface area contributed by atoms with Gasteiger partial charge in [0, 0.05) is 30.2 Å². The number of pyridine rings is 1. The van der Waals surface area contributed by atoms with Gasteiger partial charge in [0.2, 0.25) is 0 Å². The number of nitriles is 1. The quantitative estimate of drug-likeness (QED) is 0.911. The normalized spacial score (nSPS) is 12.8. The Morgan fingerprint density at radius 3 is 2.75 bits per heavy atom. The number of nitrogens with zero attached hydrogens (tertiary/aromatic N) is 3.